The van der Waals surface area contributed by atoms with E-state index >= 15 is 0 Å². The SMILES string of the molecule is O=S(=O)(c1cn[nH]c1)N1CCCC(CN2CCOCC2)C1. The Bertz CT molecular complexity index is 540. The van der Waals surface area contributed by atoms with Gasteiger partial charge < -0.3 is 4.74 Å². The van der Waals surface area contributed by atoms with E-state index in [-0.39, 0.29) is 4.90 Å². The number of sulfonamides is 1. The molecule has 2 fully saturated rings. The Morgan fingerprint density at radius 1 is 1.33 bits per heavy atom. The standard InChI is InChI=1S/C13H22N4O3S/c18-21(19,13-8-14-15-9-13)17-3-1-2-12(11-17)10-16-4-6-20-7-5-16/h8-9,12H,1-7,10-11H2,(H,14,15). The fraction of sp³-hybridized carbons (Fsp3) is 0.769. The quantitative estimate of drug-likeness (QED) is 0.855. The molecule has 0 saturated carbocycles. The van der Waals surface area contributed by atoms with Crippen LogP contribution >= 0.6 is 0 Å². The smallest absolute Gasteiger partial charge is 0.246 e. The molecule has 1 atom stereocenters. The lowest BCUT2D eigenvalue weighted by molar-refractivity contribution is 0.0265. The number of aromatic amines is 1. The van der Waals surface area contributed by atoms with Crippen LogP contribution in [0.2, 0.25) is 0 Å². The van der Waals surface area contributed by atoms with Gasteiger partial charge in [-0.3, -0.25) is 10.00 Å². The molecule has 118 valence electrons. The number of ether oxygens (including phenoxy) is 1. The second-order valence-corrected chi connectivity index (χ2v) is 7.66. The van der Waals surface area contributed by atoms with Gasteiger partial charge in [-0.2, -0.15) is 9.40 Å². The van der Waals surface area contributed by atoms with Crippen LogP contribution < -0.4 is 0 Å². The van der Waals surface area contributed by atoms with Crippen LogP contribution in [-0.2, 0) is 14.8 Å². The minimum atomic E-state index is -3.40. The summed E-state index contributed by atoms with van der Waals surface area (Å²) in [5, 5.41) is 6.32. The van der Waals surface area contributed by atoms with E-state index in [1.165, 1.54) is 12.4 Å². The van der Waals surface area contributed by atoms with Gasteiger partial charge in [0.1, 0.15) is 4.90 Å². The van der Waals surface area contributed by atoms with Gasteiger partial charge in [0.25, 0.3) is 0 Å². The first kappa shape index (κ1) is 15.0. The van der Waals surface area contributed by atoms with Gasteiger partial charge in [0, 0.05) is 38.9 Å². The second kappa shape index (κ2) is 6.43. The number of morpholine rings is 1. The first-order valence-corrected chi connectivity index (χ1v) is 8.89. The lowest BCUT2D eigenvalue weighted by Gasteiger charge is -2.36. The molecule has 1 N–H and O–H groups in total. The number of rotatable bonds is 4. The van der Waals surface area contributed by atoms with Crippen molar-refractivity contribution in [3.8, 4) is 0 Å². The number of piperidine rings is 1. The third-order valence-electron chi connectivity index (χ3n) is 4.21. The van der Waals surface area contributed by atoms with Gasteiger partial charge in [0.05, 0.1) is 19.4 Å². The molecule has 2 aliphatic rings. The molecule has 1 unspecified atom stereocenters. The van der Waals surface area contributed by atoms with Gasteiger partial charge in [0.15, 0.2) is 0 Å². The largest absolute Gasteiger partial charge is 0.379 e. The molecular formula is C13H22N4O3S. The van der Waals surface area contributed by atoms with E-state index in [0.717, 1.165) is 45.7 Å². The fourth-order valence-corrected chi connectivity index (χ4v) is 4.53. The number of nitrogens with one attached hydrogen (secondary N) is 1. The van der Waals surface area contributed by atoms with E-state index in [0.29, 0.717) is 19.0 Å². The van der Waals surface area contributed by atoms with Crippen molar-refractivity contribution in [2.45, 2.75) is 17.7 Å². The fourth-order valence-electron chi connectivity index (χ4n) is 3.07. The van der Waals surface area contributed by atoms with E-state index in [1.54, 1.807) is 4.31 Å². The Morgan fingerprint density at radius 2 is 2.14 bits per heavy atom. The Kier molecular flexibility index (Phi) is 4.58. The van der Waals surface area contributed by atoms with Crippen LogP contribution in [0.15, 0.2) is 17.3 Å². The minimum absolute atomic E-state index is 0.259. The minimum Gasteiger partial charge on any atom is -0.379 e. The summed E-state index contributed by atoms with van der Waals surface area (Å²) in [7, 11) is -3.40. The predicted octanol–water partition coefficient (Wildman–Crippen LogP) is 0.143. The molecule has 0 radical (unpaired) electrons. The van der Waals surface area contributed by atoms with Gasteiger partial charge in [0.2, 0.25) is 10.0 Å². The summed E-state index contributed by atoms with van der Waals surface area (Å²) in [6.07, 6.45) is 4.84. The van der Waals surface area contributed by atoms with Crippen LogP contribution in [0, 0.1) is 5.92 Å². The molecule has 8 heteroatoms. The maximum atomic E-state index is 12.5. The van der Waals surface area contributed by atoms with E-state index in [1.807, 2.05) is 0 Å². The van der Waals surface area contributed by atoms with E-state index in [2.05, 4.69) is 15.1 Å². The van der Waals surface area contributed by atoms with Crippen LogP contribution in [0.5, 0.6) is 0 Å². The van der Waals surface area contributed by atoms with Crippen LogP contribution in [0.4, 0.5) is 0 Å². The van der Waals surface area contributed by atoms with E-state index in [4.69, 9.17) is 4.74 Å². The predicted molar refractivity (Wildman–Crippen MR) is 77.3 cm³/mol. The van der Waals surface area contributed by atoms with Gasteiger partial charge in [-0.15, -0.1) is 0 Å². The molecule has 0 bridgehead atoms. The van der Waals surface area contributed by atoms with Crippen molar-refractivity contribution in [2.24, 2.45) is 5.92 Å². The molecular weight excluding hydrogens is 292 g/mol. The Balaban J connectivity index is 1.63. The van der Waals surface area contributed by atoms with Crippen LogP contribution in [0.3, 0.4) is 0 Å². The maximum absolute atomic E-state index is 12.5. The first-order valence-electron chi connectivity index (χ1n) is 7.45. The van der Waals surface area contributed by atoms with Crippen molar-refractivity contribution in [1.82, 2.24) is 19.4 Å². The topological polar surface area (TPSA) is 78.5 Å². The summed E-state index contributed by atoms with van der Waals surface area (Å²) in [6, 6.07) is 0. The number of nitrogens with zero attached hydrogens (tertiary/aromatic N) is 3. The maximum Gasteiger partial charge on any atom is 0.246 e. The lowest BCUT2D eigenvalue weighted by Crippen LogP contribution is -2.46. The highest BCUT2D eigenvalue weighted by Crippen LogP contribution is 2.24. The highest BCUT2D eigenvalue weighted by molar-refractivity contribution is 7.89. The molecule has 0 aromatic carbocycles. The van der Waals surface area contributed by atoms with Crippen molar-refractivity contribution >= 4 is 10.0 Å². The van der Waals surface area contributed by atoms with Crippen molar-refractivity contribution in [1.29, 1.82) is 0 Å². The number of hydrogen-bond acceptors (Lipinski definition) is 5. The third-order valence-corrected chi connectivity index (χ3v) is 6.04. The van der Waals surface area contributed by atoms with Crippen molar-refractivity contribution in [3.05, 3.63) is 12.4 Å². The molecule has 7 nitrogen and oxygen atoms in total. The average molecular weight is 314 g/mol. The van der Waals surface area contributed by atoms with Crippen LogP contribution in [-0.4, -0.2) is 73.8 Å². The molecule has 0 aliphatic carbocycles. The molecule has 0 amide bonds. The summed E-state index contributed by atoms with van der Waals surface area (Å²) in [5.74, 6) is 0.401. The molecule has 3 heterocycles. The van der Waals surface area contributed by atoms with Crippen molar-refractivity contribution in [3.63, 3.8) is 0 Å². The normalized spacial score (nSPS) is 26.0. The summed E-state index contributed by atoms with van der Waals surface area (Å²) in [6.45, 7) is 5.63. The number of aromatic nitrogens is 2. The monoisotopic (exact) mass is 314 g/mol. The third kappa shape index (κ3) is 3.45. The average Bonchev–Trinajstić information content (AvgIpc) is 3.04. The molecule has 1 aromatic heterocycles. The van der Waals surface area contributed by atoms with E-state index in [9.17, 15) is 8.42 Å². The molecule has 21 heavy (non-hydrogen) atoms. The zero-order chi connectivity index (χ0) is 14.7. The highest BCUT2D eigenvalue weighted by atomic mass is 32.2. The summed E-state index contributed by atoms with van der Waals surface area (Å²) in [5.41, 5.74) is 0. The molecule has 1 aromatic rings. The second-order valence-electron chi connectivity index (χ2n) is 5.72. The van der Waals surface area contributed by atoms with Gasteiger partial charge >= 0.3 is 0 Å². The van der Waals surface area contributed by atoms with Gasteiger partial charge in [-0.1, -0.05) is 0 Å². The van der Waals surface area contributed by atoms with Gasteiger partial charge in [-0.25, -0.2) is 8.42 Å². The Labute approximate surface area is 125 Å². The van der Waals surface area contributed by atoms with Gasteiger partial charge in [-0.05, 0) is 18.8 Å². The molecule has 3 rings (SSSR count). The van der Waals surface area contributed by atoms with Crippen molar-refractivity contribution < 1.29 is 13.2 Å². The van der Waals surface area contributed by atoms with E-state index < -0.39 is 10.0 Å². The molecule has 2 saturated heterocycles. The highest BCUT2D eigenvalue weighted by Gasteiger charge is 2.31. The lowest BCUT2D eigenvalue weighted by atomic mass is 9.99. The zero-order valence-corrected chi connectivity index (χ0v) is 12.9. The summed E-state index contributed by atoms with van der Waals surface area (Å²) >= 11 is 0. The van der Waals surface area contributed by atoms with Crippen LogP contribution in [0.25, 0.3) is 0 Å². The summed E-state index contributed by atoms with van der Waals surface area (Å²) in [4.78, 5) is 2.64. The summed E-state index contributed by atoms with van der Waals surface area (Å²) < 4.78 is 32.0. The number of H-pyrrole nitrogens is 1. The Morgan fingerprint density at radius 3 is 2.86 bits per heavy atom. The molecule has 2 aliphatic heterocycles. The Hall–Kier alpha value is -0.960. The first-order chi connectivity index (χ1) is 10.2. The van der Waals surface area contributed by atoms with Crippen molar-refractivity contribution in [2.75, 3.05) is 45.9 Å². The number of hydrogen-bond donors (Lipinski definition) is 1. The molecule has 0 spiro atoms. The van der Waals surface area contributed by atoms with Crippen LogP contribution in [0.1, 0.15) is 12.8 Å². The zero-order valence-electron chi connectivity index (χ0n) is 12.1.